The summed E-state index contributed by atoms with van der Waals surface area (Å²) in [4.78, 5) is 30.5. The van der Waals surface area contributed by atoms with E-state index in [-0.39, 0.29) is 24.2 Å². The summed E-state index contributed by atoms with van der Waals surface area (Å²) in [6.45, 7) is 5.32. The summed E-state index contributed by atoms with van der Waals surface area (Å²) < 4.78 is 5.74. The van der Waals surface area contributed by atoms with Crippen LogP contribution in [0.5, 0.6) is 0 Å². The number of anilines is 1. The lowest BCUT2D eigenvalue weighted by Gasteiger charge is -2.26. The fourth-order valence-corrected chi connectivity index (χ4v) is 4.17. The maximum atomic E-state index is 13.1. The Labute approximate surface area is 186 Å². The number of pyridine rings is 1. The second-order valence-electron chi connectivity index (χ2n) is 8.12. The molecule has 2 amide bonds. The van der Waals surface area contributed by atoms with Gasteiger partial charge in [0, 0.05) is 29.4 Å². The Hall–Kier alpha value is -2.83. The molecule has 6 nitrogen and oxygen atoms in total. The number of ether oxygens (including phenoxy) is 1. The van der Waals surface area contributed by atoms with E-state index >= 15 is 0 Å². The lowest BCUT2D eigenvalue weighted by Crippen LogP contribution is -2.40. The van der Waals surface area contributed by atoms with Gasteiger partial charge in [-0.05, 0) is 74.0 Å². The van der Waals surface area contributed by atoms with Gasteiger partial charge in [-0.15, -0.1) is 0 Å². The number of halogens is 1. The van der Waals surface area contributed by atoms with Gasteiger partial charge in [-0.1, -0.05) is 23.2 Å². The molecule has 1 atom stereocenters. The van der Waals surface area contributed by atoms with Crippen LogP contribution in [0.15, 0.2) is 47.3 Å². The number of hydrogen-bond acceptors (Lipinski definition) is 3. The number of aromatic nitrogens is 1. The maximum Gasteiger partial charge on any atom is 0.322 e. The van der Waals surface area contributed by atoms with Gasteiger partial charge in [-0.3, -0.25) is 4.79 Å². The first kappa shape index (κ1) is 21.4. The normalized spacial score (nSPS) is 15.9. The third-order valence-electron chi connectivity index (χ3n) is 5.56. The van der Waals surface area contributed by atoms with E-state index in [0.29, 0.717) is 29.4 Å². The third kappa shape index (κ3) is 5.09. The van der Waals surface area contributed by atoms with E-state index in [2.05, 4.69) is 10.3 Å². The zero-order valence-electron chi connectivity index (χ0n) is 17.7. The predicted molar refractivity (Wildman–Crippen MR) is 124 cm³/mol. The largest absolute Gasteiger partial charge is 0.376 e. The highest BCUT2D eigenvalue weighted by Gasteiger charge is 2.24. The summed E-state index contributed by atoms with van der Waals surface area (Å²) in [6.07, 6.45) is 1.85. The molecule has 4 rings (SSSR count). The fourth-order valence-electron chi connectivity index (χ4n) is 4.04. The SMILES string of the molecule is Cc1cc(C)c2[nH]c(=O)c(CN(C[C@H]3CCCO3)C(=O)Nc3ccc(Cl)cc3)cc2c1. The van der Waals surface area contributed by atoms with Gasteiger partial charge in [0.15, 0.2) is 0 Å². The molecule has 31 heavy (non-hydrogen) atoms. The third-order valence-corrected chi connectivity index (χ3v) is 5.81. The minimum atomic E-state index is -0.280. The van der Waals surface area contributed by atoms with Crippen LogP contribution in [0.2, 0.25) is 5.02 Å². The Morgan fingerprint density at radius 1 is 1.23 bits per heavy atom. The van der Waals surface area contributed by atoms with Crippen LogP contribution in [0.4, 0.5) is 10.5 Å². The summed E-state index contributed by atoms with van der Waals surface area (Å²) in [5.74, 6) is 0. The Balaban J connectivity index is 1.62. The van der Waals surface area contributed by atoms with Crippen LogP contribution in [0.3, 0.4) is 0 Å². The molecule has 3 aromatic rings. The van der Waals surface area contributed by atoms with E-state index in [1.165, 1.54) is 0 Å². The van der Waals surface area contributed by atoms with Crippen molar-refractivity contribution >= 4 is 34.2 Å². The number of nitrogens with one attached hydrogen (secondary N) is 2. The van der Waals surface area contributed by atoms with Crippen LogP contribution < -0.4 is 10.9 Å². The van der Waals surface area contributed by atoms with Gasteiger partial charge in [-0.2, -0.15) is 0 Å². The number of aromatic amines is 1. The number of urea groups is 1. The summed E-state index contributed by atoms with van der Waals surface area (Å²) in [7, 11) is 0. The summed E-state index contributed by atoms with van der Waals surface area (Å²) in [6, 6.07) is 12.6. The maximum absolute atomic E-state index is 13.1. The van der Waals surface area contributed by atoms with Crippen LogP contribution in [0.25, 0.3) is 10.9 Å². The van der Waals surface area contributed by atoms with Crippen molar-refractivity contribution in [1.82, 2.24) is 9.88 Å². The average Bonchev–Trinajstić information content (AvgIpc) is 3.23. The molecule has 2 aromatic carbocycles. The first-order valence-electron chi connectivity index (χ1n) is 10.5. The van der Waals surface area contributed by atoms with Gasteiger partial charge in [0.1, 0.15) is 0 Å². The molecule has 1 fully saturated rings. The number of nitrogens with zero attached hydrogens (tertiary/aromatic N) is 1. The quantitative estimate of drug-likeness (QED) is 0.586. The lowest BCUT2D eigenvalue weighted by molar-refractivity contribution is 0.0818. The van der Waals surface area contributed by atoms with Crippen molar-refractivity contribution in [3.05, 3.63) is 74.5 Å². The van der Waals surface area contributed by atoms with Crippen molar-refractivity contribution in [3.63, 3.8) is 0 Å². The molecule has 0 radical (unpaired) electrons. The summed E-state index contributed by atoms with van der Waals surface area (Å²) >= 11 is 5.94. The fraction of sp³-hybridized carbons (Fsp3) is 0.333. The van der Waals surface area contributed by atoms with Gasteiger partial charge in [0.2, 0.25) is 0 Å². The van der Waals surface area contributed by atoms with E-state index in [0.717, 1.165) is 34.9 Å². The first-order valence-corrected chi connectivity index (χ1v) is 10.8. The molecule has 0 unspecified atom stereocenters. The highest BCUT2D eigenvalue weighted by Crippen LogP contribution is 2.20. The molecule has 2 heterocycles. The molecule has 162 valence electrons. The zero-order chi connectivity index (χ0) is 22.0. The molecule has 0 aliphatic carbocycles. The number of aryl methyl sites for hydroxylation is 2. The molecule has 2 N–H and O–H groups in total. The smallest absolute Gasteiger partial charge is 0.322 e. The number of carbonyl (C=O) groups excluding carboxylic acids is 1. The molecular weight excluding hydrogens is 414 g/mol. The first-order chi connectivity index (χ1) is 14.9. The minimum absolute atomic E-state index is 0.0278. The summed E-state index contributed by atoms with van der Waals surface area (Å²) in [5, 5.41) is 4.46. The van der Waals surface area contributed by atoms with Gasteiger partial charge < -0.3 is 19.9 Å². The molecule has 1 aliphatic heterocycles. The average molecular weight is 440 g/mol. The highest BCUT2D eigenvalue weighted by molar-refractivity contribution is 6.30. The zero-order valence-corrected chi connectivity index (χ0v) is 18.5. The van der Waals surface area contributed by atoms with Crippen LogP contribution >= 0.6 is 11.6 Å². The van der Waals surface area contributed by atoms with E-state index in [9.17, 15) is 9.59 Å². The topological polar surface area (TPSA) is 74.4 Å². The number of rotatable bonds is 5. The monoisotopic (exact) mass is 439 g/mol. The van der Waals surface area contributed by atoms with Crippen LogP contribution in [0.1, 0.15) is 29.5 Å². The number of amides is 2. The predicted octanol–water partition coefficient (Wildman–Crippen LogP) is 5.01. The van der Waals surface area contributed by atoms with Crippen LogP contribution in [0, 0.1) is 13.8 Å². The van der Waals surface area contributed by atoms with Crippen molar-refractivity contribution in [2.75, 3.05) is 18.5 Å². The van der Waals surface area contributed by atoms with E-state index in [4.69, 9.17) is 16.3 Å². The molecule has 0 bridgehead atoms. The summed E-state index contributed by atoms with van der Waals surface area (Å²) in [5.41, 5.74) is 3.98. The number of hydrogen-bond donors (Lipinski definition) is 2. The molecule has 1 aliphatic rings. The Bertz CT molecular complexity index is 1150. The number of fused-ring (bicyclic) bond motifs is 1. The Kier molecular flexibility index (Phi) is 6.30. The Morgan fingerprint density at radius 3 is 2.71 bits per heavy atom. The second-order valence-corrected chi connectivity index (χ2v) is 8.56. The highest BCUT2D eigenvalue weighted by atomic mass is 35.5. The van der Waals surface area contributed by atoms with Gasteiger partial charge in [-0.25, -0.2) is 4.79 Å². The number of H-pyrrole nitrogens is 1. The minimum Gasteiger partial charge on any atom is -0.376 e. The van der Waals surface area contributed by atoms with Crippen molar-refractivity contribution in [1.29, 1.82) is 0 Å². The molecule has 1 saturated heterocycles. The molecular formula is C24H26ClN3O3. The standard InChI is InChI=1S/C24H26ClN3O3/c1-15-10-16(2)22-17(11-15)12-18(23(29)27-22)13-28(14-21-4-3-9-31-21)24(30)26-20-7-5-19(25)6-8-20/h5-8,10-12,21H,3-4,9,13-14H2,1-2H3,(H,26,30)(H,27,29)/t21-/m1/s1. The van der Waals surface area contributed by atoms with Crippen molar-refractivity contribution in [3.8, 4) is 0 Å². The molecule has 1 aromatic heterocycles. The molecule has 0 spiro atoms. The Morgan fingerprint density at radius 2 is 2.00 bits per heavy atom. The van der Waals surface area contributed by atoms with Crippen molar-refractivity contribution in [2.24, 2.45) is 0 Å². The van der Waals surface area contributed by atoms with Crippen LogP contribution in [-0.2, 0) is 11.3 Å². The van der Waals surface area contributed by atoms with Gasteiger partial charge in [0.05, 0.1) is 18.2 Å². The number of benzene rings is 2. The molecule has 7 heteroatoms. The van der Waals surface area contributed by atoms with Gasteiger partial charge in [0.25, 0.3) is 5.56 Å². The van der Waals surface area contributed by atoms with Gasteiger partial charge >= 0.3 is 6.03 Å². The van der Waals surface area contributed by atoms with Crippen LogP contribution in [-0.4, -0.2) is 35.2 Å². The lowest BCUT2D eigenvalue weighted by atomic mass is 10.1. The van der Waals surface area contributed by atoms with E-state index < -0.39 is 0 Å². The number of carbonyl (C=O) groups is 1. The van der Waals surface area contributed by atoms with E-state index in [1.54, 1.807) is 29.2 Å². The van der Waals surface area contributed by atoms with Crippen molar-refractivity contribution < 1.29 is 9.53 Å². The second kappa shape index (κ2) is 9.12. The molecule has 0 saturated carbocycles. The van der Waals surface area contributed by atoms with E-state index in [1.807, 2.05) is 32.0 Å². The van der Waals surface area contributed by atoms with Crippen molar-refractivity contribution in [2.45, 2.75) is 39.3 Å².